The summed E-state index contributed by atoms with van der Waals surface area (Å²) in [6.07, 6.45) is 5.11. The van der Waals surface area contributed by atoms with Gasteiger partial charge in [-0.1, -0.05) is 18.2 Å². The molecule has 6 heteroatoms. The second-order valence-electron chi connectivity index (χ2n) is 7.57. The van der Waals surface area contributed by atoms with Crippen LogP contribution in [-0.2, 0) is 16.0 Å². The third kappa shape index (κ3) is 4.05. The molecular formula is C25H21NO5. The molecule has 0 unspecified atom stereocenters. The molecule has 31 heavy (non-hydrogen) atoms. The van der Waals surface area contributed by atoms with Gasteiger partial charge in [0.2, 0.25) is 5.91 Å². The summed E-state index contributed by atoms with van der Waals surface area (Å²) in [7, 11) is 0. The number of fused-ring (bicyclic) bond motifs is 2. The average molecular weight is 415 g/mol. The number of amides is 1. The first-order valence-electron chi connectivity index (χ1n) is 9.92. The van der Waals surface area contributed by atoms with Crippen LogP contribution in [0.1, 0.15) is 34.4 Å². The lowest BCUT2D eigenvalue weighted by molar-refractivity contribution is -0.131. The standard InChI is InChI=1S/C25H21NO5/c1-14-4-3-5-16(15(14)2)12-17-6-8-20-24(30)19-9-7-18(13-21(19)31-25(17)20)26-22(27)10-11-23(28)29/h3-5,7,9-13H,6,8H2,1-2H3,(H,26,27)(H,28,29)/b11-10+,17-12+. The zero-order valence-corrected chi connectivity index (χ0v) is 17.2. The molecule has 2 aromatic carbocycles. The van der Waals surface area contributed by atoms with Gasteiger partial charge in [-0.2, -0.15) is 0 Å². The van der Waals surface area contributed by atoms with E-state index in [4.69, 9.17) is 9.52 Å². The molecule has 156 valence electrons. The number of nitrogens with one attached hydrogen (secondary N) is 1. The summed E-state index contributed by atoms with van der Waals surface area (Å²) in [4.78, 5) is 35.4. The minimum absolute atomic E-state index is 0.0655. The third-order valence-electron chi connectivity index (χ3n) is 5.54. The van der Waals surface area contributed by atoms with E-state index in [0.29, 0.717) is 34.4 Å². The van der Waals surface area contributed by atoms with Crippen LogP contribution in [0.2, 0.25) is 0 Å². The summed E-state index contributed by atoms with van der Waals surface area (Å²) < 4.78 is 6.13. The van der Waals surface area contributed by atoms with Crippen molar-refractivity contribution >= 4 is 40.2 Å². The molecule has 2 N–H and O–H groups in total. The fraction of sp³-hybridized carbons (Fsp3) is 0.160. The number of anilines is 1. The molecule has 6 nitrogen and oxygen atoms in total. The average Bonchev–Trinajstić information content (AvgIpc) is 3.13. The Morgan fingerprint density at radius 3 is 2.68 bits per heavy atom. The van der Waals surface area contributed by atoms with Crippen LogP contribution in [0.4, 0.5) is 5.69 Å². The summed E-state index contributed by atoms with van der Waals surface area (Å²) in [5.74, 6) is -1.20. The van der Waals surface area contributed by atoms with Crippen LogP contribution in [0, 0.1) is 13.8 Å². The van der Waals surface area contributed by atoms with Gasteiger partial charge in [0.15, 0.2) is 5.43 Å². The number of carboxylic acid groups (broad SMARTS) is 1. The molecule has 0 fully saturated rings. The number of benzene rings is 2. The van der Waals surface area contributed by atoms with Crippen LogP contribution < -0.4 is 10.7 Å². The Balaban J connectivity index is 1.74. The molecule has 0 spiro atoms. The number of allylic oxidation sites excluding steroid dienone is 1. The summed E-state index contributed by atoms with van der Waals surface area (Å²) in [5, 5.41) is 11.7. The van der Waals surface area contributed by atoms with E-state index in [1.807, 2.05) is 12.1 Å². The maximum absolute atomic E-state index is 13.0. The lowest BCUT2D eigenvalue weighted by Crippen LogP contribution is -2.11. The zero-order valence-electron chi connectivity index (χ0n) is 17.2. The van der Waals surface area contributed by atoms with Gasteiger partial charge in [-0.15, -0.1) is 0 Å². The van der Waals surface area contributed by atoms with Crippen molar-refractivity contribution in [2.24, 2.45) is 0 Å². The van der Waals surface area contributed by atoms with Crippen molar-refractivity contribution in [1.82, 2.24) is 0 Å². The van der Waals surface area contributed by atoms with Gasteiger partial charge in [0.05, 0.1) is 5.39 Å². The molecule has 1 aliphatic rings. The molecule has 3 aromatic rings. The molecule has 0 atom stereocenters. The van der Waals surface area contributed by atoms with Crippen LogP contribution in [0.3, 0.4) is 0 Å². The number of aliphatic carboxylic acids is 1. The van der Waals surface area contributed by atoms with E-state index in [9.17, 15) is 14.4 Å². The van der Waals surface area contributed by atoms with Crippen LogP contribution in [0.15, 0.2) is 57.8 Å². The van der Waals surface area contributed by atoms with E-state index >= 15 is 0 Å². The molecule has 0 saturated carbocycles. The molecule has 1 aliphatic carbocycles. The molecule has 0 bridgehead atoms. The van der Waals surface area contributed by atoms with Gasteiger partial charge < -0.3 is 14.8 Å². The number of aryl methyl sites for hydroxylation is 1. The largest absolute Gasteiger partial charge is 0.478 e. The number of rotatable bonds is 4. The number of carbonyl (C=O) groups is 2. The topological polar surface area (TPSA) is 96.6 Å². The van der Waals surface area contributed by atoms with Gasteiger partial charge in [0.1, 0.15) is 11.3 Å². The van der Waals surface area contributed by atoms with Gasteiger partial charge in [-0.3, -0.25) is 9.59 Å². The van der Waals surface area contributed by atoms with Crippen molar-refractivity contribution in [3.05, 3.63) is 86.8 Å². The maximum Gasteiger partial charge on any atom is 0.328 e. The summed E-state index contributed by atoms with van der Waals surface area (Å²) in [6.45, 7) is 4.14. The summed E-state index contributed by atoms with van der Waals surface area (Å²) in [6, 6.07) is 10.9. The van der Waals surface area contributed by atoms with E-state index in [0.717, 1.165) is 29.7 Å². The summed E-state index contributed by atoms with van der Waals surface area (Å²) >= 11 is 0. The van der Waals surface area contributed by atoms with E-state index < -0.39 is 11.9 Å². The minimum atomic E-state index is -1.21. The van der Waals surface area contributed by atoms with Crippen molar-refractivity contribution in [1.29, 1.82) is 0 Å². The van der Waals surface area contributed by atoms with Crippen molar-refractivity contribution in [2.45, 2.75) is 26.7 Å². The van der Waals surface area contributed by atoms with Crippen molar-refractivity contribution in [3.8, 4) is 0 Å². The maximum atomic E-state index is 13.0. The van der Waals surface area contributed by atoms with E-state index in [1.54, 1.807) is 18.2 Å². The van der Waals surface area contributed by atoms with E-state index in [1.165, 1.54) is 11.1 Å². The van der Waals surface area contributed by atoms with Gasteiger partial charge >= 0.3 is 5.97 Å². The highest BCUT2D eigenvalue weighted by Crippen LogP contribution is 2.35. The van der Waals surface area contributed by atoms with Crippen LogP contribution >= 0.6 is 0 Å². The molecular weight excluding hydrogens is 394 g/mol. The Kier molecular flexibility index (Phi) is 5.29. The Hall–Kier alpha value is -3.93. The predicted molar refractivity (Wildman–Crippen MR) is 120 cm³/mol. The van der Waals surface area contributed by atoms with Crippen molar-refractivity contribution in [3.63, 3.8) is 0 Å². The Labute approximate surface area is 178 Å². The van der Waals surface area contributed by atoms with Crippen LogP contribution in [0.25, 0.3) is 22.6 Å². The first-order valence-corrected chi connectivity index (χ1v) is 9.92. The molecule has 1 heterocycles. The quantitative estimate of drug-likeness (QED) is 0.613. The lowest BCUT2D eigenvalue weighted by atomic mass is 10.0. The SMILES string of the molecule is Cc1cccc(/C=C2\CCc3c2oc2cc(NC(=O)/C=C/C(=O)O)ccc2c3=O)c1C. The summed E-state index contributed by atoms with van der Waals surface area (Å²) in [5.41, 5.74) is 5.84. The first-order chi connectivity index (χ1) is 14.8. The lowest BCUT2D eigenvalue weighted by Gasteiger charge is -2.08. The molecule has 0 saturated heterocycles. The predicted octanol–water partition coefficient (Wildman–Crippen LogP) is 4.48. The Bertz CT molecular complexity index is 1340. The molecule has 1 aromatic heterocycles. The monoisotopic (exact) mass is 415 g/mol. The normalized spacial score (nSPS) is 14.3. The third-order valence-corrected chi connectivity index (χ3v) is 5.54. The molecule has 0 aliphatic heterocycles. The number of hydrogen-bond acceptors (Lipinski definition) is 4. The molecule has 0 radical (unpaired) electrons. The van der Waals surface area contributed by atoms with Gasteiger partial charge in [-0.05, 0) is 67.2 Å². The minimum Gasteiger partial charge on any atom is -0.478 e. The van der Waals surface area contributed by atoms with Crippen molar-refractivity contribution in [2.75, 3.05) is 5.32 Å². The fourth-order valence-corrected chi connectivity index (χ4v) is 3.76. The Morgan fingerprint density at radius 2 is 1.90 bits per heavy atom. The highest BCUT2D eigenvalue weighted by Gasteiger charge is 2.24. The second kappa shape index (κ2) is 8.07. The van der Waals surface area contributed by atoms with Gasteiger partial charge in [0.25, 0.3) is 0 Å². The van der Waals surface area contributed by atoms with Gasteiger partial charge in [0, 0.05) is 29.5 Å². The Morgan fingerprint density at radius 1 is 1.10 bits per heavy atom. The van der Waals surface area contributed by atoms with E-state index in [2.05, 4.69) is 31.3 Å². The fourth-order valence-electron chi connectivity index (χ4n) is 3.76. The highest BCUT2D eigenvalue weighted by molar-refractivity contribution is 6.03. The van der Waals surface area contributed by atoms with Crippen LogP contribution in [0.5, 0.6) is 0 Å². The number of carboxylic acids is 1. The second-order valence-corrected chi connectivity index (χ2v) is 7.57. The molecule has 4 rings (SSSR count). The molecule has 1 amide bonds. The highest BCUT2D eigenvalue weighted by atomic mass is 16.4. The first kappa shape index (κ1) is 20.3. The smallest absolute Gasteiger partial charge is 0.328 e. The number of hydrogen-bond donors (Lipinski definition) is 2. The van der Waals surface area contributed by atoms with Crippen LogP contribution in [-0.4, -0.2) is 17.0 Å². The zero-order chi connectivity index (χ0) is 22.1. The van der Waals surface area contributed by atoms with Gasteiger partial charge in [-0.25, -0.2) is 4.79 Å². The number of carbonyl (C=O) groups excluding carboxylic acids is 1. The van der Waals surface area contributed by atoms with E-state index in [-0.39, 0.29) is 5.43 Å². The van der Waals surface area contributed by atoms with Crippen molar-refractivity contribution < 1.29 is 19.1 Å².